The van der Waals surface area contributed by atoms with Gasteiger partial charge >= 0.3 is 11.6 Å². The van der Waals surface area contributed by atoms with Crippen molar-refractivity contribution in [2.75, 3.05) is 7.11 Å². The summed E-state index contributed by atoms with van der Waals surface area (Å²) in [5.41, 5.74) is 1.18. The molecule has 0 bridgehead atoms. The third-order valence-corrected chi connectivity index (χ3v) is 4.04. The number of halogens is 1. The molecule has 3 aromatic rings. The molecule has 4 nitrogen and oxygen atoms in total. The average molecular weight is 326 g/mol. The Hall–Kier alpha value is -2.95. The number of benzene rings is 2. The van der Waals surface area contributed by atoms with Crippen LogP contribution in [0.3, 0.4) is 0 Å². The summed E-state index contributed by atoms with van der Waals surface area (Å²) in [4.78, 5) is 23.9. The number of methoxy groups -OCH3 is 1. The lowest BCUT2D eigenvalue weighted by Crippen LogP contribution is -2.13. The summed E-state index contributed by atoms with van der Waals surface area (Å²) in [7, 11) is 1.19. The zero-order valence-electron chi connectivity index (χ0n) is 13.3. The van der Waals surface area contributed by atoms with Crippen molar-refractivity contribution in [1.29, 1.82) is 0 Å². The van der Waals surface area contributed by atoms with Crippen LogP contribution in [-0.2, 0) is 11.2 Å². The molecule has 0 aliphatic rings. The summed E-state index contributed by atoms with van der Waals surface area (Å²) in [6.07, 6.45) is 0.0374. The zero-order chi connectivity index (χ0) is 17.3. The minimum absolute atomic E-state index is 0.0374. The quantitative estimate of drug-likeness (QED) is 0.545. The smallest absolute Gasteiger partial charge is 0.340 e. The van der Waals surface area contributed by atoms with E-state index in [4.69, 9.17) is 4.42 Å². The molecular weight excluding hydrogens is 311 g/mol. The number of esters is 1. The highest BCUT2D eigenvalue weighted by atomic mass is 19.1. The fourth-order valence-corrected chi connectivity index (χ4v) is 2.72. The van der Waals surface area contributed by atoms with Crippen LogP contribution in [0.15, 0.2) is 51.7 Å². The Labute approximate surface area is 137 Å². The molecule has 0 aliphatic carbocycles. The molecule has 2 aromatic carbocycles. The van der Waals surface area contributed by atoms with Gasteiger partial charge in [-0.05, 0) is 30.2 Å². The minimum Gasteiger partial charge on any atom is -0.465 e. The van der Waals surface area contributed by atoms with E-state index in [0.29, 0.717) is 11.1 Å². The third-order valence-electron chi connectivity index (χ3n) is 4.04. The highest BCUT2D eigenvalue weighted by molar-refractivity contribution is 5.90. The van der Waals surface area contributed by atoms with Gasteiger partial charge in [-0.25, -0.2) is 14.0 Å². The summed E-state index contributed by atoms with van der Waals surface area (Å²) in [5.74, 6) is -1.44. The zero-order valence-corrected chi connectivity index (χ0v) is 13.3. The van der Waals surface area contributed by atoms with Crippen molar-refractivity contribution in [2.24, 2.45) is 0 Å². The number of carbonyl (C=O) groups is 1. The van der Waals surface area contributed by atoms with Crippen molar-refractivity contribution in [3.05, 3.63) is 81.0 Å². The standard InChI is InChI=1S/C19H15FO4/c1-11-13-7-3-4-9-16(13)24-19(22)15(11)10-12-6-5-8-14(17(12)20)18(21)23-2/h3-9H,10H2,1-2H3. The van der Waals surface area contributed by atoms with Crippen molar-refractivity contribution < 1.29 is 18.3 Å². The first kappa shape index (κ1) is 15.9. The van der Waals surface area contributed by atoms with E-state index in [0.717, 1.165) is 10.9 Å². The van der Waals surface area contributed by atoms with Gasteiger partial charge in [-0.1, -0.05) is 30.3 Å². The second kappa shape index (κ2) is 6.28. The van der Waals surface area contributed by atoms with Crippen LogP contribution in [0.25, 0.3) is 11.0 Å². The van der Waals surface area contributed by atoms with Crippen molar-refractivity contribution in [2.45, 2.75) is 13.3 Å². The van der Waals surface area contributed by atoms with E-state index in [1.54, 1.807) is 25.1 Å². The molecule has 0 radical (unpaired) electrons. The molecule has 0 N–H and O–H groups in total. The Morgan fingerprint density at radius 2 is 1.92 bits per heavy atom. The normalized spacial score (nSPS) is 10.8. The lowest BCUT2D eigenvalue weighted by molar-refractivity contribution is 0.0595. The molecule has 122 valence electrons. The Morgan fingerprint density at radius 3 is 2.67 bits per heavy atom. The molecule has 0 aliphatic heterocycles. The topological polar surface area (TPSA) is 56.5 Å². The first-order valence-corrected chi connectivity index (χ1v) is 7.40. The van der Waals surface area contributed by atoms with E-state index in [1.807, 2.05) is 12.1 Å². The number of fused-ring (bicyclic) bond motifs is 1. The highest BCUT2D eigenvalue weighted by Gasteiger charge is 2.18. The van der Waals surface area contributed by atoms with Crippen LogP contribution in [0.4, 0.5) is 4.39 Å². The van der Waals surface area contributed by atoms with E-state index in [9.17, 15) is 14.0 Å². The summed E-state index contributed by atoms with van der Waals surface area (Å²) < 4.78 is 24.4. The largest absolute Gasteiger partial charge is 0.465 e. The lowest BCUT2D eigenvalue weighted by atomic mass is 9.98. The first-order chi connectivity index (χ1) is 11.5. The predicted molar refractivity (Wildman–Crippen MR) is 87.8 cm³/mol. The van der Waals surface area contributed by atoms with Crippen molar-refractivity contribution in [3.63, 3.8) is 0 Å². The molecule has 0 spiro atoms. The van der Waals surface area contributed by atoms with Gasteiger partial charge in [0.05, 0.1) is 12.7 Å². The van der Waals surface area contributed by atoms with Crippen molar-refractivity contribution in [1.82, 2.24) is 0 Å². The molecular formula is C19H15FO4. The monoisotopic (exact) mass is 326 g/mol. The number of rotatable bonds is 3. The Balaban J connectivity index is 2.11. The van der Waals surface area contributed by atoms with Gasteiger partial charge in [-0.2, -0.15) is 0 Å². The van der Waals surface area contributed by atoms with Crippen LogP contribution in [0.2, 0.25) is 0 Å². The van der Waals surface area contributed by atoms with E-state index >= 15 is 0 Å². The maximum Gasteiger partial charge on any atom is 0.340 e. The number of aryl methyl sites for hydroxylation is 1. The van der Waals surface area contributed by atoms with Gasteiger partial charge in [0.1, 0.15) is 11.4 Å². The van der Waals surface area contributed by atoms with Gasteiger partial charge in [0, 0.05) is 17.4 Å². The Morgan fingerprint density at radius 1 is 1.17 bits per heavy atom. The number of hydrogen-bond donors (Lipinski definition) is 0. The molecule has 0 fully saturated rings. The molecule has 0 amide bonds. The molecule has 5 heteroatoms. The molecule has 1 aromatic heterocycles. The van der Waals surface area contributed by atoms with E-state index in [2.05, 4.69) is 4.74 Å². The molecule has 0 saturated heterocycles. The molecule has 3 rings (SSSR count). The summed E-state index contributed by atoms with van der Waals surface area (Å²) in [6, 6.07) is 11.6. The first-order valence-electron chi connectivity index (χ1n) is 7.40. The molecule has 0 atom stereocenters. The SMILES string of the molecule is COC(=O)c1cccc(Cc2c(C)c3ccccc3oc2=O)c1F. The van der Waals surface area contributed by atoms with E-state index in [-0.39, 0.29) is 17.5 Å². The fourth-order valence-electron chi connectivity index (χ4n) is 2.72. The minimum atomic E-state index is -0.753. The van der Waals surface area contributed by atoms with Crippen LogP contribution in [0.5, 0.6) is 0 Å². The summed E-state index contributed by atoms with van der Waals surface area (Å²) in [5, 5.41) is 0.802. The van der Waals surface area contributed by atoms with Crippen LogP contribution in [0.1, 0.15) is 27.0 Å². The van der Waals surface area contributed by atoms with Crippen LogP contribution >= 0.6 is 0 Å². The van der Waals surface area contributed by atoms with Crippen LogP contribution in [0, 0.1) is 12.7 Å². The second-order valence-electron chi connectivity index (χ2n) is 5.44. The number of para-hydroxylation sites is 1. The predicted octanol–water partition coefficient (Wildman–Crippen LogP) is 3.62. The molecule has 0 unspecified atom stereocenters. The van der Waals surface area contributed by atoms with Gasteiger partial charge in [-0.3, -0.25) is 0 Å². The van der Waals surface area contributed by atoms with Gasteiger partial charge in [0.2, 0.25) is 0 Å². The maximum atomic E-state index is 14.5. The van der Waals surface area contributed by atoms with Gasteiger partial charge < -0.3 is 9.15 Å². The van der Waals surface area contributed by atoms with Crippen LogP contribution in [-0.4, -0.2) is 13.1 Å². The third kappa shape index (κ3) is 2.69. The number of ether oxygens (including phenoxy) is 1. The molecule has 1 heterocycles. The van der Waals surface area contributed by atoms with Gasteiger partial charge in [0.15, 0.2) is 0 Å². The average Bonchev–Trinajstić information content (AvgIpc) is 2.59. The number of hydrogen-bond acceptors (Lipinski definition) is 4. The Kier molecular flexibility index (Phi) is 4.16. The van der Waals surface area contributed by atoms with Gasteiger partial charge in [0.25, 0.3) is 0 Å². The molecule has 24 heavy (non-hydrogen) atoms. The highest BCUT2D eigenvalue weighted by Crippen LogP contribution is 2.23. The fraction of sp³-hybridized carbons (Fsp3) is 0.158. The lowest BCUT2D eigenvalue weighted by Gasteiger charge is -2.10. The summed E-state index contributed by atoms with van der Waals surface area (Å²) in [6.45, 7) is 1.80. The maximum absolute atomic E-state index is 14.5. The van der Waals surface area contributed by atoms with Crippen molar-refractivity contribution in [3.8, 4) is 0 Å². The summed E-state index contributed by atoms with van der Waals surface area (Å²) >= 11 is 0. The van der Waals surface area contributed by atoms with Crippen molar-refractivity contribution >= 4 is 16.9 Å². The second-order valence-corrected chi connectivity index (χ2v) is 5.44. The van der Waals surface area contributed by atoms with E-state index < -0.39 is 17.4 Å². The van der Waals surface area contributed by atoms with E-state index in [1.165, 1.54) is 19.2 Å². The van der Waals surface area contributed by atoms with Crippen LogP contribution < -0.4 is 5.63 Å². The Bertz CT molecular complexity index is 988. The number of carbonyl (C=O) groups excluding carboxylic acids is 1. The van der Waals surface area contributed by atoms with Gasteiger partial charge in [-0.15, -0.1) is 0 Å². The molecule has 0 saturated carbocycles.